The first-order chi connectivity index (χ1) is 11.1. The summed E-state index contributed by atoms with van der Waals surface area (Å²) in [5, 5.41) is 10.5. The Morgan fingerprint density at radius 1 is 1.35 bits per heavy atom. The van der Waals surface area contributed by atoms with Crippen molar-refractivity contribution in [1.29, 1.82) is 0 Å². The minimum Gasteiger partial charge on any atom is -0.482 e. The fraction of sp³-hybridized carbons (Fsp3) is 0.611. The van der Waals surface area contributed by atoms with Crippen molar-refractivity contribution >= 4 is 11.6 Å². The molecule has 0 aliphatic carbocycles. The van der Waals surface area contributed by atoms with Crippen LogP contribution in [0, 0.1) is 0 Å². The molecule has 1 aromatic carbocycles. The number of rotatable bonds is 8. The van der Waals surface area contributed by atoms with E-state index in [1.807, 2.05) is 18.2 Å². The highest BCUT2D eigenvalue weighted by atomic mass is 16.5. The summed E-state index contributed by atoms with van der Waals surface area (Å²) in [4.78, 5) is 15.7. The first-order valence-electron chi connectivity index (χ1n) is 8.50. The van der Waals surface area contributed by atoms with Crippen molar-refractivity contribution in [3.63, 3.8) is 0 Å². The quantitative estimate of drug-likeness (QED) is 0.800. The highest BCUT2D eigenvalue weighted by molar-refractivity contribution is 5.97. The molecule has 0 aromatic heterocycles. The molecule has 1 aliphatic rings. The van der Waals surface area contributed by atoms with Gasteiger partial charge in [-0.25, -0.2) is 0 Å². The van der Waals surface area contributed by atoms with E-state index in [4.69, 9.17) is 4.74 Å². The van der Waals surface area contributed by atoms with E-state index in [1.54, 1.807) is 11.9 Å². The predicted molar refractivity (Wildman–Crippen MR) is 91.9 cm³/mol. The summed E-state index contributed by atoms with van der Waals surface area (Å²) in [7, 11) is 1.74. The lowest BCUT2D eigenvalue weighted by Gasteiger charge is -2.27. The van der Waals surface area contributed by atoms with Crippen LogP contribution in [-0.4, -0.2) is 49.2 Å². The fourth-order valence-corrected chi connectivity index (χ4v) is 2.78. The van der Waals surface area contributed by atoms with E-state index in [-0.39, 0.29) is 12.5 Å². The zero-order chi connectivity index (χ0) is 16.8. The molecule has 23 heavy (non-hydrogen) atoms. The van der Waals surface area contributed by atoms with Crippen LogP contribution in [-0.2, 0) is 4.79 Å². The normalized spacial score (nSPS) is 15.5. The molecule has 128 valence electrons. The van der Waals surface area contributed by atoms with Gasteiger partial charge in [0.1, 0.15) is 5.75 Å². The summed E-state index contributed by atoms with van der Waals surface area (Å²) in [6, 6.07) is 5.58. The molecule has 1 amide bonds. The Kier molecular flexibility index (Phi) is 6.42. The number of carbonyl (C=O) groups excluding carboxylic acids is 1. The van der Waals surface area contributed by atoms with Gasteiger partial charge in [0.2, 0.25) is 0 Å². The maximum atomic E-state index is 11.7. The van der Waals surface area contributed by atoms with Crippen molar-refractivity contribution in [3.8, 4) is 5.75 Å². The maximum Gasteiger partial charge on any atom is 0.264 e. The smallest absolute Gasteiger partial charge is 0.264 e. The van der Waals surface area contributed by atoms with E-state index in [0.29, 0.717) is 12.2 Å². The molecular formula is C18H28N2O3. The van der Waals surface area contributed by atoms with Gasteiger partial charge in [0.15, 0.2) is 6.61 Å². The van der Waals surface area contributed by atoms with Crippen LogP contribution in [0.5, 0.6) is 5.75 Å². The lowest BCUT2D eigenvalue weighted by Crippen LogP contribution is -2.35. The SMILES string of the molecule is CCCCN(CC)CCC(O)c1ccc2c(c1)N(C)C(=O)CO2. The number of hydrogen-bond acceptors (Lipinski definition) is 4. The number of likely N-dealkylation sites (N-methyl/N-ethyl adjacent to an activating group) is 1. The number of aliphatic hydroxyl groups is 1. The van der Waals surface area contributed by atoms with E-state index >= 15 is 0 Å². The highest BCUT2D eigenvalue weighted by Gasteiger charge is 2.23. The number of amides is 1. The molecule has 0 fully saturated rings. The second kappa shape index (κ2) is 8.31. The van der Waals surface area contributed by atoms with Crippen molar-refractivity contribution < 1.29 is 14.6 Å². The Hall–Kier alpha value is -1.59. The molecule has 0 bridgehead atoms. The molecule has 5 heteroatoms. The summed E-state index contributed by atoms with van der Waals surface area (Å²) >= 11 is 0. The molecule has 5 nitrogen and oxygen atoms in total. The van der Waals surface area contributed by atoms with E-state index in [9.17, 15) is 9.90 Å². The second-order valence-corrected chi connectivity index (χ2v) is 6.06. The Labute approximate surface area is 138 Å². The average Bonchev–Trinajstić information content (AvgIpc) is 2.58. The molecule has 0 spiro atoms. The lowest BCUT2D eigenvalue weighted by atomic mass is 10.0. The van der Waals surface area contributed by atoms with Gasteiger partial charge >= 0.3 is 0 Å². The van der Waals surface area contributed by atoms with Gasteiger partial charge in [-0.05, 0) is 43.6 Å². The summed E-state index contributed by atoms with van der Waals surface area (Å²) in [6.45, 7) is 7.37. The van der Waals surface area contributed by atoms with Gasteiger partial charge in [-0.1, -0.05) is 26.3 Å². The number of anilines is 1. The van der Waals surface area contributed by atoms with Crippen molar-refractivity contribution in [2.75, 3.05) is 38.2 Å². The molecule has 0 saturated heterocycles. The van der Waals surface area contributed by atoms with Gasteiger partial charge in [0, 0.05) is 13.6 Å². The third kappa shape index (κ3) is 4.45. The van der Waals surface area contributed by atoms with Crippen LogP contribution in [0.1, 0.15) is 44.8 Å². The minimum atomic E-state index is -0.526. The molecule has 1 aliphatic heterocycles. The Morgan fingerprint density at radius 2 is 2.13 bits per heavy atom. The number of hydrogen-bond donors (Lipinski definition) is 1. The maximum absolute atomic E-state index is 11.7. The molecule has 2 rings (SSSR count). The first-order valence-corrected chi connectivity index (χ1v) is 8.50. The first kappa shape index (κ1) is 17.8. The van der Waals surface area contributed by atoms with Crippen LogP contribution in [0.4, 0.5) is 5.69 Å². The van der Waals surface area contributed by atoms with Crippen LogP contribution >= 0.6 is 0 Å². The monoisotopic (exact) mass is 320 g/mol. The Morgan fingerprint density at radius 3 is 2.83 bits per heavy atom. The van der Waals surface area contributed by atoms with Gasteiger partial charge < -0.3 is 19.6 Å². The van der Waals surface area contributed by atoms with Crippen molar-refractivity contribution in [1.82, 2.24) is 4.90 Å². The molecule has 1 heterocycles. The zero-order valence-corrected chi connectivity index (χ0v) is 14.4. The molecule has 1 aromatic rings. The van der Waals surface area contributed by atoms with Gasteiger partial charge in [0.25, 0.3) is 5.91 Å². The largest absolute Gasteiger partial charge is 0.482 e. The summed E-state index contributed by atoms with van der Waals surface area (Å²) in [5.74, 6) is 0.627. The second-order valence-electron chi connectivity index (χ2n) is 6.06. The highest BCUT2D eigenvalue weighted by Crippen LogP contribution is 2.34. The fourth-order valence-electron chi connectivity index (χ4n) is 2.78. The number of nitrogens with zero attached hydrogens (tertiary/aromatic N) is 2. The number of carbonyl (C=O) groups is 1. The van der Waals surface area contributed by atoms with Crippen LogP contribution in [0.3, 0.4) is 0 Å². The average molecular weight is 320 g/mol. The zero-order valence-electron chi connectivity index (χ0n) is 14.4. The summed E-state index contributed by atoms with van der Waals surface area (Å²) < 4.78 is 5.42. The lowest BCUT2D eigenvalue weighted by molar-refractivity contribution is -0.120. The number of ether oxygens (including phenoxy) is 1. The number of aliphatic hydroxyl groups excluding tert-OH is 1. The number of unbranched alkanes of at least 4 members (excludes halogenated alkanes) is 1. The molecule has 1 atom stereocenters. The van der Waals surface area contributed by atoms with Gasteiger partial charge in [-0.15, -0.1) is 0 Å². The molecule has 0 radical (unpaired) electrons. The summed E-state index contributed by atoms with van der Waals surface area (Å²) in [5.41, 5.74) is 1.57. The van der Waals surface area contributed by atoms with Crippen LogP contribution < -0.4 is 9.64 Å². The van der Waals surface area contributed by atoms with Crippen molar-refractivity contribution in [2.24, 2.45) is 0 Å². The molecule has 1 N–H and O–H groups in total. The van der Waals surface area contributed by atoms with E-state index in [1.165, 1.54) is 12.8 Å². The minimum absolute atomic E-state index is 0.0686. The standard InChI is InChI=1S/C18H28N2O3/c1-4-6-10-20(5-2)11-9-16(21)14-7-8-17-15(12-14)19(3)18(22)13-23-17/h7-8,12,16,21H,4-6,9-11,13H2,1-3H3. The molecule has 1 unspecified atom stereocenters. The summed E-state index contributed by atoms with van der Waals surface area (Å²) in [6.07, 6.45) is 2.54. The Balaban J connectivity index is 2.00. The van der Waals surface area contributed by atoms with Crippen LogP contribution in [0.2, 0.25) is 0 Å². The van der Waals surface area contributed by atoms with E-state index < -0.39 is 6.10 Å². The topological polar surface area (TPSA) is 53.0 Å². The Bertz CT molecular complexity index is 533. The van der Waals surface area contributed by atoms with Gasteiger partial charge in [-0.2, -0.15) is 0 Å². The number of fused-ring (bicyclic) bond motifs is 1. The third-order valence-corrected chi connectivity index (χ3v) is 4.45. The van der Waals surface area contributed by atoms with Crippen LogP contribution in [0.25, 0.3) is 0 Å². The third-order valence-electron chi connectivity index (χ3n) is 4.45. The van der Waals surface area contributed by atoms with E-state index in [0.717, 1.165) is 30.9 Å². The predicted octanol–water partition coefficient (Wildman–Crippen LogP) is 2.59. The van der Waals surface area contributed by atoms with Crippen LogP contribution in [0.15, 0.2) is 18.2 Å². The van der Waals surface area contributed by atoms with Crippen molar-refractivity contribution in [3.05, 3.63) is 23.8 Å². The van der Waals surface area contributed by atoms with Gasteiger partial charge in [-0.3, -0.25) is 4.79 Å². The van der Waals surface area contributed by atoms with Gasteiger partial charge in [0.05, 0.1) is 11.8 Å². The van der Waals surface area contributed by atoms with Crippen molar-refractivity contribution in [2.45, 2.75) is 39.2 Å². The molecule has 0 saturated carbocycles. The van der Waals surface area contributed by atoms with E-state index in [2.05, 4.69) is 18.7 Å². The number of benzene rings is 1. The molecular weight excluding hydrogens is 292 g/mol.